The molecule has 0 saturated carbocycles. The fraction of sp³-hybridized carbons (Fsp3) is 0.500. The molecule has 18 heavy (non-hydrogen) atoms. The molecular formula is C14H19BrFNO. The molecule has 1 amide bonds. The Bertz CT molecular complexity index is 409. The topological polar surface area (TPSA) is 20.3 Å². The summed E-state index contributed by atoms with van der Waals surface area (Å²) >= 11 is 3.38. The standard InChI is InChI=1S/C14H19BrFNO/c1-11-10-12(16)6-7-13(11)14(18)17(2)9-5-3-4-8-15/h6-7,10H,3-5,8-9H2,1-2H3. The van der Waals surface area contributed by atoms with Crippen LogP contribution in [-0.2, 0) is 0 Å². The Labute approximate surface area is 116 Å². The van der Waals surface area contributed by atoms with Crippen LogP contribution in [0, 0.1) is 12.7 Å². The van der Waals surface area contributed by atoms with Crippen LogP contribution in [0.2, 0.25) is 0 Å². The van der Waals surface area contributed by atoms with E-state index in [0.29, 0.717) is 11.1 Å². The Kier molecular flexibility index (Phi) is 6.33. The summed E-state index contributed by atoms with van der Waals surface area (Å²) in [6.45, 7) is 2.50. The maximum Gasteiger partial charge on any atom is 0.253 e. The number of aryl methyl sites for hydroxylation is 1. The monoisotopic (exact) mass is 315 g/mol. The number of rotatable bonds is 6. The van der Waals surface area contributed by atoms with Crippen LogP contribution in [0.1, 0.15) is 35.2 Å². The van der Waals surface area contributed by atoms with E-state index >= 15 is 0 Å². The van der Waals surface area contributed by atoms with E-state index in [-0.39, 0.29) is 11.7 Å². The smallest absolute Gasteiger partial charge is 0.253 e. The first-order valence-electron chi connectivity index (χ1n) is 6.14. The largest absolute Gasteiger partial charge is 0.342 e. The zero-order valence-corrected chi connectivity index (χ0v) is 12.5. The van der Waals surface area contributed by atoms with Gasteiger partial charge in [-0.2, -0.15) is 0 Å². The highest BCUT2D eigenvalue weighted by molar-refractivity contribution is 9.09. The number of unbranched alkanes of at least 4 members (excludes halogenated alkanes) is 2. The summed E-state index contributed by atoms with van der Waals surface area (Å²) in [6, 6.07) is 4.28. The fourth-order valence-electron chi connectivity index (χ4n) is 1.79. The first-order chi connectivity index (χ1) is 8.56. The summed E-state index contributed by atoms with van der Waals surface area (Å²) in [5.74, 6) is -0.338. The average Bonchev–Trinajstić information content (AvgIpc) is 2.33. The van der Waals surface area contributed by atoms with Gasteiger partial charge in [-0.3, -0.25) is 4.79 Å². The van der Waals surface area contributed by atoms with E-state index < -0.39 is 0 Å². The maximum absolute atomic E-state index is 13.0. The van der Waals surface area contributed by atoms with Crippen molar-refractivity contribution in [1.29, 1.82) is 0 Å². The first kappa shape index (κ1) is 15.2. The van der Waals surface area contributed by atoms with Crippen LogP contribution in [0.3, 0.4) is 0 Å². The molecule has 0 fully saturated rings. The van der Waals surface area contributed by atoms with Gasteiger partial charge in [0.05, 0.1) is 0 Å². The number of amides is 1. The summed E-state index contributed by atoms with van der Waals surface area (Å²) in [6.07, 6.45) is 3.22. The van der Waals surface area contributed by atoms with Crippen LogP contribution < -0.4 is 0 Å². The molecule has 0 saturated heterocycles. The molecule has 0 bridgehead atoms. The molecule has 4 heteroatoms. The number of carbonyl (C=O) groups excluding carboxylic acids is 1. The molecule has 0 atom stereocenters. The second-order valence-electron chi connectivity index (χ2n) is 4.44. The Balaban J connectivity index is 2.57. The predicted molar refractivity (Wildman–Crippen MR) is 75.7 cm³/mol. The zero-order chi connectivity index (χ0) is 13.5. The maximum atomic E-state index is 13.0. The summed E-state index contributed by atoms with van der Waals surface area (Å²) in [4.78, 5) is 13.8. The number of nitrogens with zero attached hydrogens (tertiary/aromatic N) is 1. The van der Waals surface area contributed by atoms with Crippen LogP contribution in [0.4, 0.5) is 4.39 Å². The number of benzene rings is 1. The van der Waals surface area contributed by atoms with Crippen molar-refractivity contribution in [2.24, 2.45) is 0 Å². The third kappa shape index (κ3) is 4.41. The summed E-state index contributed by atoms with van der Waals surface area (Å²) in [5.41, 5.74) is 1.27. The highest BCUT2D eigenvalue weighted by Gasteiger charge is 2.13. The predicted octanol–water partition coefficient (Wildman–Crippen LogP) is 3.77. The van der Waals surface area contributed by atoms with Gasteiger partial charge in [0.15, 0.2) is 0 Å². The van der Waals surface area contributed by atoms with Gasteiger partial charge in [0.1, 0.15) is 5.82 Å². The van der Waals surface area contributed by atoms with E-state index in [1.54, 1.807) is 24.9 Å². The molecule has 1 aromatic rings. The van der Waals surface area contributed by atoms with Gasteiger partial charge in [-0.25, -0.2) is 4.39 Å². The van der Waals surface area contributed by atoms with Crippen LogP contribution in [0.15, 0.2) is 18.2 Å². The van der Waals surface area contributed by atoms with Crippen molar-refractivity contribution < 1.29 is 9.18 Å². The molecule has 0 aliphatic heterocycles. The number of hydrogen-bond donors (Lipinski definition) is 0. The SMILES string of the molecule is Cc1cc(F)ccc1C(=O)N(C)CCCCCBr. The van der Waals surface area contributed by atoms with Gasteiger partial charge in [-0.15, -0.1) is 0 Å². The minimum Gasteiger partial charge on any atom is -0.342 e. The van der Waals surface area contributed by atoms with Gasteiger partial charge < -0.3 is 4.90 Å². The van der Waals surface area contributed by atoms with Crippen molar-refractivity contribution in [3.8, 4) is 0 Å². The summed E-state index contributed by atoms with van der Waals surface area (Å²) in [5, 5.41) is 1.00. The molecule has 0 radical (unpaired) electrons. The summed E-state index contributed by atoms with van der Waals surface area (Å²) in [7, 11) is 1.79. The van der Waals surface area contributed by atoms with Gasteiger partial charge >= 0.3 is 0 Å². The van der Waals surface area contributed by atoms with E-state index in [4.69, 9.17) is 0 Å². The second-order valence-corrected chi connectivity index (χ2v) is 5.23. The van der Waals surface area contributed by atoms with Gasteiger partial charge in [0.2, 0.25) is 0 Å². The normalized spacial score (nSPS) is 10.4. The lowest BCUT2D eigenvalue weighted by molar-refractivity contribution is 0.0792. The van der Waals surface area contributed by atoms with Crippen molar-refractivity contribution >= 4 is 21.8 Å². The van der Waals surface area contributed by atoms with E-state index in [1.807, 2.05) is 0 Å². The van der Waals surface area contributed by atoms with Crippen molar-refractivity contribution in [3.63, 3.8) is 0 Å². The Hall–Kier alpha value is -0.900. The lowest BCUT2D eigenvalue weighted by Gasteiger charge is -2.18. The number of halogens is 2. The average molecular weight is 316 g/mol. The lowest BCUT2D eigenvalue weighted by Crippen LogP contribution is -2.28. The van der Waals surface area contributed by atoms with E-state index in [2.05, 4.69) is 15.9 Å². The van der Waals surface area contributed by atoms with E-state index in [9.17, 15) is 9.18 Å². The molecule has 1 aromatic carbocycles. The Morgan fingerprint density at radius 3 is 2.67 bits per heavy atom. The molecule has 0 aliphatic rings. The third-order valence-electron chi connectivity index (χ3n) is 2.89. The fourth-order valence-corrected chi connectivity index (χ4v) is 2.19. The molecule has 0 N–H and O–H groups in total. The van der Waals surface area contributed by atoms with Gasteiger partial charge in [0, 0.05) is 24.5 Å². The zero-order valence-electron chi connectivity index (χ0n) is 10.9. The molecule has 100 valence electrons. The third-order valence-corrected chi connectivity index (χ3v) is 3.45. The van der Waals surface area contributed by atoms with Gasteiger partial charge in [-0.05, 0) is 43.5 Å². The van der Waals surface area contributed by atoms with Crippen molar-refractivity contribution in [3.05, 3.63) is 35.1 Å². The number of hydrogen-bond acceptors (Lipinski definition) is 1. The highest BCUT2D eigenvalue weighted by Crippen LogP contribution is 2.13. The highest BCUT2D eigenvalue weighted by atomic mass is 79.9. The minimum absolute atomic E-state index is 0.0358. The molecular weight excluding hydrogens is 297 g/mol. The van der Waals surface area contributed by atoms with Gasteiger partial charge in [-0.1, -0.05) is 22.4 Å². The Morgan fingerprint density at radius 2 is 2.06 bits per heavy atom. The quantitative estimate of drug-likeness (QED) is 0.578. The molecule has 1 rings (SSSR count). The number of alkyl halides is 1. The molecule has 0 heterocycles. The van der Waals surface area contributed by atoms with Crippen LogP contribution in [0.25, 0.3) is 0 Å². The first-order valence-corrected chi connectivity index (χ1v) is 7.26. The van der Waals surface area contributed by atoms with Crippen molar-refractivity contribution in [2.75, 3.05) is 18.9 Å². The number of carbonyl (C=O) groups is 1. The molecule has 0 spiro atoms. The van der Waals surface area contributed by atoms with Crippen LogP contribution in [0.5, 0.6) is 0 Å². The minimum atomic E-state index is -0.302. The molecule has 0 aliphatic carbocycles. The molecule has 0 unspecified atom stereocenters. The van der Waals surface area contributed by atoms with E-state index in [0.717, 1.165) is 31.1 Å². The molecule has 0 aromatic heterocycles. The van der Waals surface area contributed by atoms with Gasteiger partial charge in [0.25, 0.3) is 5.91 Å². The van der Waals surface area contributed by atoms with Crippen molar-refractivity contribution in [2.45, 2.75) is 26.2 Å². The summed E-state index contributed by atoms with van der Waals surface area (Å²) < 4.78 is 13.0. The van der Waals surface area contributed by atoms with E-state index in [1.165, 1.54) is 12.1 Å². The van der Waals surface area contributed by atoms with Crippen LogP contribution >= 0.6 is 15.9 Å². The Morgan fingerprint density at radius 1 is 1.33 bits per heavy atom. The van der Waals surface area contributed by atoms with Crippen LogP contribution in [-0.4, -0.2) is 29.7 Å². The lowest BCUT2D eigenvalue weighted by atomic mass is 10.1. The molecule has 2 nitrogen and oxygen atoms in total. The second kappa shape index (κ2) is 7.52. The van der Waals surface area contributed by atoms with Crippen molar-refractivity contribution in [1.82, 2.24) is 4.90 Å².